The fourth-order valence-corrected chi connectivity index (χ4v) is 1.81. The molecular weight excluding hydrogens is 204 g/mol. The molecule has 1 N–H and O–H groups in total. The number of aromatic nitrogens is 1. The van der Waals surface area contributed by atoms with Crippen molar-refractivity contribution in [1.29, 1.82) is 0 Å². The van der Waals surface area contributed by atoms with Gasteiger partial charge in [-0.25, -0.2) is 0 Å². The third-order valence-corrected chi connectivity index (χ3v) is 2.77. The molecule has 2 unspecified atom stereocenters. The van der Waals surface area contributed by atoms with Gasteiger partial charge < -0.3 is 10.1 Å². The number of carbonyl (C=O) groups is 1. The number of hydrogen-bond donors (Lipinski definition) is 1. The van der Waals surface area contributed by atoms with Gasteiger partial charge in [0.2, 0.25) is 5.91 Å². The van der Waals surface area contributed by atoms with E-state index in [1.165, 1.54) is 0 Å². The molecule has 2 atom stereocenters. The minimum Gasteiger partial charge on any atom is -0.368 e. The molecule has 16 heavy (non-hydrogen) atoms. The van der Waals surface area contributed by atoms with Crippen molar-refractivity contribution in [3.8, 4) is 0 Å². The van der Waals surface area contributed by atoms with Gasteiger partial charge in [-0.05, 0) is 31.4 Å². The zero-order valence-electron chi connectivity index (χ0n) is 9.35. The lowest BCUT2D eigenvalue weighted by molar-refractivity contribution is -0.130. The highest BCUT2D eigenvalue weighted by Gasteiger charge is 2.24. The summed E-state index contributed by atoms with van der Waals surface area (Å²) in [7, 11) is 0. The Morgan fingerprint density at radius 3 is 3.19 bits per heavy atom. The number of carbonyl (C=O) groups excluding carboxylic acids is 1. The largest absolute Gasteiger partial charge is 0.368 e. The van der Waals surface area contributed by atoms with Crippen molar-refractivity contribution in [2.45, 2.75) is 31.9 Å². The summed E-state index contributed by atoms with van der Waals surface area (Å²) in [6.45, 7) is 2.64. The van der Waals surface area contributed by atoms with E-state index in [2.05, 4.69) is 10.3 Å². The van der Waals surface area contributed by atoms with Gasteiger partial charge in [0, 0.05) is 19.0 Å². The molecule has 0 radical (unpaired) electrons. The molecule has 1 aromatic heterocycles. The molecule has 1 aliphatic heterocycles. The van der Waals surface area contributed by atoms with Crippen LogP contribution in [0.4, 0.5) is 0 Å². The Labute approximate surface area is 95.0 Å². The SMILES string of the molecule is CC(NC(=O)C1CCCO1)c1cccnc1. The number of hydrogen-bond acceptors (Lipinski definition) is 3. The van der Waals surface area contributed by atoms with E-state index in [-0.39, 0.29) is 18.1 Å². The van der Waals surface area contributed by atoms with Crippen LogP contribution in [0.5, 0.6) is 0 Å². The molecule has 86 valence electrons. The average Bonchev–Trinajstić information content (AvgIpc) is 2.83. The van der Waals surface area contributed by atoms with E-state index in [0.717, 1.165) is 18.4 Å². The summed E-state index contributed by atoms with van der Waals surface area (Å²) in [6.07, 6.45) is 5.02. The van der Waals surface area contributed by atoms with Crippen LogP contribution in [0.25, 0.3) is 0 Å². The van der Waals surface area contributed by atoms with E-state index in [9.17, 15) is 4.79 Å². The summed E-state index contributed by atoms with van der Waals surface area (Å²) in [4.78, 5) is 15.8. The van der Waals surface area contributed by atoms with Gasteiger partial charge in [0.1, 0.15) is 6.10 Å². The topological polar surface area (TPSA) is 51.2 Å². The Bertz CT molecular complexity index is 347. The van der Waals surface area contributed by atoms with Gasteiger partial charge in [-0.15, -0.1) is 0 Å². The van der Waals surface area contributed by atoms with Gasteiger partial charge in [-0.2, -0.15) is 0 Å². The van der Waals surface area contributed by atoms with Crippen LogP contribution in [0.2, 0.25) is 0 Å². The first-order valence-electron chi connectivity index (χ1n) is 5.59. The quantitative estimate of drug-likeness (QED) is 0.838. The van der Waals surface area contributed by atoms with Crippen molar-refractivity contribution < 1.29 is 9.53 Å². The number of nitrogens with one attached hydrogen (secondary N) is 1. The second-order valence-corrected chi connectivity index (χ2v) is 4.02. The van der Waals surface area contributed by atoms with Gasteiger partial charge in [-0.1, -0.05) is 6.07 Å². The minimum atomic E-state index is -0.265. The first kappa shape index (κ1) is 11.1. The fraction of sp³-hybridized carbons (Fsp3) is 0.500. The molecule has 0 aromatic carbocycles. The van der Waals surface area contributed by atoms with Crippen molar-refractivity contribution in [3.63, 3.8) is 0 Å². The van der Waals surface area contributed by atoms with Crippen LogP contribution >= 0.6 is 0 Å². The Morgan fingerprint density at radius 2 is 2.56 bits per heavy atom. The number of amides is 1. The second kappa shape index (κ2) is 5.07. The lowest BCUT2D eigenvalue weighted by atomic mass is 10.1. The highest BCUT2D eigenvalue weighted by Crippen LogP contribution is 2.15. The normalized spacial score (nSPS) is 21.7. The predicted octanol–water partition coefficient (Wildman–Crippen LogP) is 1.44. The predicted molar refractivity (Wildman–Crippen MR) is 59.8 cm³/mol. The first-order valence-corrected chi connectivity index (χ1v) is 5.59. The van der Waals surface area contributed by atoms with Crippen molar-refractivity contribution >= 4 is 5.91 Å². The van der Waals surface area contributed by atoms with Gasteiger partial charge in [0.25, 0.3) is 0 Å². The molecule has 1 saturated heterocycles. The maximum atomic E-state index is 11.8. The highest BCUT2D eigenvalue weighted by atomic mass is 16.5. The Morgan fingerprint density at radius 1 is 1.69 bits per heavy atom. The number of ether oxygens (including phenoxy) is 1. The number of pyridine rings is 1. The molecule has 0 spiro atoms. The maximum Gasteiger partial charge on any atom is 0.249 e. The third kappa shape index (κ3) is 2.58. The maximum absolute atomic E-state index is 11.8. The summed E-state index contributed by atoms with van der Waals surface area (Å²) in [6, 6.07) is 3.79. The van der Waals surface area contributed by atoms with Crippen molar-refractivity contribution in [2.24, 2.45) is 0 Å². The van der Waals surface area contributed by atoms with Crippen LogP contribution in [-0.2, 0) is 9.53 Å². The minimum absolute atomic E-state index is 0.0196. The third-order valence-electron chi connectivity index (χ3n) is 2.77. The molecule has 4 nitrogen and oxygen atoms in total. The monoisotopic (exact) mass is 220 g/mol. The Balaban J connectivity index is 1.92. The van der Waals surface area contributed by atoms with Crippen LogP contribution < -0.4 is 5.32 Å². The van der Waals surface area contributed by atoms with E-state index in [1.54, 1.807) is 12.4 Å². The van der Waals surface area contributed by atoms with Crippen LogP contribution in [0.3, 0.4) is 0 Å². The standard InChI is InChI=1S/C12H16N2O2/c1-9(10-4-2-6-13-8-10)14-12(15)11-5-3-7-16-11/h2,4,6,8-9,11H,3,5,7H2,1H3,(H,14,15). The van der Waals surface area contributed by atoms with Gasteiger partial charge in [0.15, 0.2) is 0 Å². The van der Waals surface area contributed by atoms with E-state index < -0.39 is 0 Å². The first-order chi connectivity index (χ1) is 7.77. The molecule has 2 heterocycles. The molecular formula is C12H16N2O2. The van der Waals surface area contributed by atoms with E-state index >= 15 is 0 Å². The lowest BCUT2D eigenvalue weighted by Gasteiger charge is -2.16. The molecule has 1 aliphatic rings. The summed E-state index contributed by atoms with van der Waals surface area (Å²) < 4.78 is 5.32. The van der Waals surface area contributed by atoms with E-state index in [1.807, 2.05) is 19.1 Å². The van der Waals surface area contributed by atoms with Gasteiger partial charge in [-0.3, -0.25) is 9.78 Å². The van der Waals surface area contributed by atoms with Crippen LogP contribution in [-0.4, -0.2) is 23.6 Å². The van der Waals surface area contributed by atoms with Crippen LogP contribution in [0.15, 0.2) is 24.5 Å². The average molecular weight is 220 g/mol. The fourth-order valence-electron chi connectivity index (χ4n) is 1.81. The molecule has 0 bridgehead atoms. The van der Waals surface area contributed by atoms with Crippen molar-refractivity contribution in [2.75, 3.05) is 6.61 Å². The van der Waals surface area contributed by atoms with Crippen LogP contribution in [0, 0.1) is 0 Å². The number of rotatable bonds is 3. The Hall–Kier alpha value is -1.42. The Kier molecular flexibility index (Phi) is 3.51. The van der Waals surface area contributed by atoms with E-state index in [0.29, 0.717) is 6.61 Å². The lowest BCUT2D eigenvalue weighted by Crippen LogP contribution is -2.35. The van der Waals surface area contributed by atoms with E-state index in [4.69, 9.17) is 4.74 Å². The zero-order chi connectivity index (χ0) is 11.4. The molecule has 1 fully saturated rings. The molecule has 1 amide bonds. The molecule has 0 aliphatic carbocycles. The summed E-state index contributed by atoms with van der Waals surface area (Å²) >= 11 is 0. The number of nitrogens with zero attached hydrogens (tertiary/aromatic N) is 1. The summed E-state index contributed by atoms with van der Waals surface area (Å²) in [5, 5.41) is 2.93. The van der Waals surface area contributed by atoms with Crippen molar-refractivity contribution in [1.82, 2.24) is 10.3 Å². The highest BCUT2D eigenvalue weighted by molar-refractivity contribution is 5.81. The van der Waals surface area contributed by atoms with Gasteiger partial charge in [0.05, 0.1) is 6.04 Å². The van der Waals surface area contributed by atoms with Gasteiger partial charge >= 0.3 is 0 Å². The second-order valence-electron chi connectivity index (χ2n) is 4.02. The molecule has 2 rings (SSSR count). The molecule has 1 aromatic rings. The van der Waals surface area contributed by atoms with Crippen molar-refractivity contribution in [3.05, 3.63) is 30.1 Å². The summed E-state index contributed by atoms with van der Waals surface area (Å²) in [5.41, 5.74) is 1.01. The smallest absolute Gasteiger partial charge is 0.249 e. The molecule has 4 heteroatoms. The summed E-state index contributed by atoms with van der Waals surface area (Å²) in [5.74, 6) is -0.0196. The zero-order valence-corrected chi connectivity index (χ0v) is 9.35. The molecule has 0 saturated carbocycles. The van der Waals surface area contributed by atoms with Crippen LogP contribution in [0.1, 0.15) is 31.4 Å².